The summed E-state index contributed by atoms with van der Waals surface area (Å²) in [5.74, 6) is 0. The molecular weight excluding hydrogens is 335 g/mol. The van der Waals surface area contributed by atoms with Gasteiger partial charge in [0, 0.05) is 28.5 Å². The van der Waals surface area contributed by atoms with E-state index in [1.165, 1.54) is 30.5 Å². The van der Waals surface area contributed by atoms with Crippen LogP contribution in [0.3, 0.4) is 0 Å². The topological polar surface area (TPSA) is 71.3 Å². The van der Waals surface area contributed by atoms with Crippen molar-refractivity contribution in [2.75, 3.05) is 4.72 Å². The van der Waals surface area contributed by atoms with E-state index in [-0.39, 0.29) is 17.2 Å². The summed E-state index contributed by atoms with van der Waals surface area (Å²) < 4.78 is 28.7. The molecule has 2 rings (SSSR count). The summed E-state index contributed by atoms with van der Waals surface area (Å²) in [6, 6.07) is 5.87. The number of nitrogens with one attached hydrogen (secondary N) is 1. The Labute approximate surface area is 133 Å². The minimum absolute atomic E-state index is 0.0736. The zero-order valence-electron chi connectivity index (χ0n) is 11.2. The van der Waals surface area contributed by atoms with Crippen LogP contribution < -0.4 is 4.72 Å². The second kappa shape index (κ2) is 6.27. The van der Waals surface area contributed by atoms with Gasteiger partial charge in [0.15, 0.2) is 0 Å². The fraction of sp³-hybridized carbons (Fsp3) is 0.231. The molecule has 0 radical (unpaired) electrons. The molecule has 1 heterocycles. The molecule has 0 unspecified atom stereocenters. The van der Waals surface area contributed by atoms with Gasteiger partial charge in [-0.1, -0.05) is 23.2 Å². The standard InChI is InChI=1S/C13H14Cl2N2O3S/c1-2-17-7-13(6-12(17)8-18)21(19,20)16-11-4-9(14)3-10(15)5-11/h3-7,16,18H,2,8H2,1H3. The molecule has 0 bridgehead atoms. The first-order chi connectivity index (χ1) is 9.85. The van der Waals surface area contributed by atoms with Crippen molar-refractivity contribution in [3.05, 3.63) is 46.2 Å². The maximum atomic E-state index is 12.3. The SMILES string of the molecule is CCn1cc(S(=O)(=O)Nc2cc(Cl)cc(Cl)c2)cc1CO. The van der Waals surface area contributed by atoms with E-state index in [4.69, 9.17) is 23.2 Å². The number of hydrogen-bond acceptors (Lipinski definition) is 3. The van der Waals surface area contributed by atoms with Gasteiger partial charge in [-0.15, -0.1) is 0 Å². The van der Waals surface area contributed by atoms with Crippen molar-refractivity contribution >= 4 is 38.9 Å². The number of sulfonamides is 1. The van der Waals surface area contributed by atoms with E-state index in [1.54, 1.807) is 4.57 Å². The summed E-state index contributed by atoms with van der Waals surface area (Å²) in [4.78, 5) is 0.0736. The molecule has 1 aromatic carbocycles. The Balaban J connectivity index is 2.35. The summed E-state index contributed by atoms with van der Waals surface area (Å²) in [5.41, 5.74) is 0.810. The average molecular weight is 349 g/mol. The fourth-order valence-corrected chi connectivity index (χ4v) is 3.55. The molecule has 0 amide bonds. The van der Waals surface area contributed by atoms with Crippen LogP contribution in [0.25, 0.3) is 0 Å². The van der Waals surface area contributed by atoms with Crippen LogP contribution in [-0.2, 0) is 23.2 Å². The Morgan fingerprint density at radius 1 is 1.19 bits per heavy atom. The second-order valence-corrected chi connectivity index (χ2v) is 6.93. The number of aromatic nitrogens is 1. The van der Waals surface area contributed by atoms with Crippen LogP contribution >= 0.6 is 23.2 Å². The van der Waals surface area contributed by atoms with E-state index in [9.17, 15) is 13.5 Å². The van der Waals surface area contributed by atoms with E-state index in [2.05, 4.69) is 4.72 Å². The fourth-order valence-electron chi connectivity index (χ4n) is 1.93. The smallest absolute Gasteiger partial charge is 0.263 e. The highest BCUT2D eigenvalue weighted by Crippen LogP contribution is 2.25. The minimum Gasteiger partial charge on any atom is -0.390 e. The molecule has 2 aromatic rings. The lowest BCUT2D eigenvalue weighted by Gasteiger charge is -2.07. The van der Waals surface area contributed by atoms with Crippen LogP contribution in [-0.4, -0.2) is 18.1 Å². The number of anilines is 1. The molecule has 0 aliphatic carbocycles. The normalized spacial score (nSPS) is 11.6. The molecule has 2 N–H and O–H groups in total. The zero-order valence-corrected chi connectivity index (χ0v) is 13.5. The third-order valence-corrected chi connectivity index (χ3v) is 4.67. The predicted molar refractivity (Wildman–Crippen MR) is 83.3 cm³/mol. The highest BCUT2D eigenvalue weighted by atomic mass is 35.5. The number of aliphatic hydroxyl groups is 1. The van der Waals surface area contributed by atoms with Crippen molar-refractivity contribution in [2.24, 2.45) is 0 Å². The lowest BCUT2D eigenvalue weighted by atomic mass is 10.3. The minimum atomic E-state index is -3.77. The maximum absolute atomic E-state index is 12.3. The van der Waals surface area contributed by atoms with Crippen molar-refractivity contribution in [3.63, 3.8) is 0 Å². The molecule has 0 saturated heterocycles. The first-order valence-electron chi connectivity index (χ1n) is 6.14. The van der Waals surface area contributed by atoms with Crippen molar-refractivity contribution in [3.8, 4) is 0 Å². The Kier molecular flexibility index (Phi) is 4.83. The molecule has 21 heavy (non-hydrogen) atoms. The number of benzene rings is 1. The number of aliphatic hydroxyl groups excluding tert-OH is 1. The van der Waals surface area contributed by atoms with Crippen LogP contribution in [0.5, 0.6) is 0 Å². The summed E-state index contributed by atoms with van der Waals surface area (Å²) in [5, 5.41) is 9.89. The highest BCUT2D eigenvalue weighted by Gasteiger charge is 2.18. The summed E-state index contributed by atoms with van der Waals surface area (Å²) in [6.45, 7) is 2.19. The van der Waals surface area contributed by atoms with Gasteiger partial charge in [0.2, 0.25) is 0 Å². The van der Waals surface area contributed by atoms with Crippen molar-refractivity contribution in [2.45, 2.75) is 25.0 Å². The average Bonchev–Trinajstić information content (AvgIpc) is 2.80. The van der Waals surface area contributed by atoms with E-state index in [1.807, 2.05) is 6.92 Å². The maximum Gasteiger partial charge on any atom is 0.263 e. The zero-order chi connectivity index (χ0) is 15.6. The van der Waals surface area contributed by atoms with Crippen LogP contribution in [0.1, 0.15) is 12.6 Å². The Morgan fingerprint density at radius 3 is 2.29 bits per heavy atom. The summed E-state index contributed by atoms with van der Waals surface area (Å²) in [6.07, 6.45) is 1.47. The van der Waals surface area contributed by atoms with Crippen LogP contribution in [0.4, 0.5) is 5.69 Å². The number of hydrogen-bond donors (Lipinski definition) is 2. The first kappa shape index (κ1) is 16.2. The number of halogens is 2. The first-order valence-corrected chi connectivity index (χ1v) is 8.38. The van der Waals surface area contributed by atoms with Gasteiger partial charge >= 0.3 is 0 Å². The molecule has 0 atom stereocenters. The number of rotatable bonds is 5. The predicted octanol–water partition coefficient (Wildman–Crippen LogP) is 3.11. The molecule has 114 valence electrons. The van der Waals surface area contributed by atoms with Gasteiger partial charge in [0.05, 0.1) is 12.3 Å². The molecule has 0 spiro atoms. The Morgan fingerprint density at radius 2 is 1.81 bits per heavy atom. The summed E-state index contributed by atoms with van der Waals surface area (Å²) in [7, 11) is -3.77. The third kappa shape index (κ3) is 3.71. The van der Waals surface area contributed by atoms with Crippen LogP contribution in [0.2, 0.25) is 10.0 Å². The molecule has 0 aliphatic heterocycles. The summed E-state index contributed by atoms with van der Waals surface area (Å²) >= 11 is 11.7. The lowest BCUT2D eigenvalue weighted by molar-refractivity contribution is 0.271. The van der Waals surface area contributed by atoms with Gasteiger partial charge in [0.1, 0.15) is 4.90 Å². The van der Waals surface area contributed by atoms with Gasteiger partial charge in [-0.3, -0.25) is 4.72 Å². The van der Waals surface area contributed by atoms with Gasteiger partial charge in [-0.05, 0) is 31.2 Å². The third-order valence-electron chi connectivity index (χ3n) is 2.89. The Hall–Kier alpha value is -1.21. The van der Waals surface area contributed by atoms with Crippen molar-refractivity contribution in [1.82, 2.24) is 4.57 Å². The molecule has 8 heteroatoms. The molecular formula is C13H14Cl2N2O3S. The highest BCUT2D eigenvalue weighted by molar-refractivity contribution is 7.92. The van der Waals surface area contributed by atoms with Gasteiger partial charge in [-0.25, -0.2) is 8.42 Å². The van der Waals surface area contributed by atoms with Crippen LogP contribution in [0, 0.1) is 0 Å². The van der Waals surface area contributed by atoms with Gasteiger partial charge < -0.3 is 9.67 Å². The monoisotopic (exact) mass is 348 g/mol. The molecule has 5 nitrogen and oxygen atoms in total. The van der Waals surface area contributed by atoms with Gasteiger partial charge in [-0.2, -0.15) is 0 Å². The quantitative estimate of drug-likeness (QED) is 0.871. The van der Waals surface area contributed by atoms with E-state index in [0.29, 0.717) is 22.3 Å². The lowest BCUT2D eigenvalue weighted by Crippen LogP contribution is -2.12. The molecule has 0 saturated carbocycles. The largest absolute Gasteiger partial charge is 0.390 e. The molecule has 0 aliphatic rings. The van der Waals surface area contributed by atoms with Crippen molar-refractivity contribution in [1.29, 1.82) is 0 Å². The van der Waals surface area contributed by atoms with Gasteiger partial charge in [0.25, 0.3) is 10.0 Å². The number of nitrogens with zero attached hydrogens (tertiary/aromatic N) is 1. The van der Waals surface area contributed by atoms with Crippen molar-refractivity contribution < 1.29 is 13.5 Å². The second-order valence-electron chi connectivity index (χ2n) is 4.37. The molecule has 0 fully saturated rings. The number of aryl methyl sites for hydroxylation is 1. The van der Waals surface area contributed by atoms with E-state index in [0.717, 1.165) is 0 Å². The van der Waals surface area contributed by atoms with Crippen LogP contribution in [0.15, 0.2) is 35.4 Å². The van der Waals surface area contributed by atoms with E-state index >= 15 is 0 Å². The molecule has 1 aromatic heterocycles. The Bertz CT molecular complexity index is 715. The van der Waals surface area contributed by atoms with E-state index < -0.39 is 10.0 Å².